The molecule has 5 nitrogen and oxygen atoms in total. The van der Waals surface area contributed by atoms with E-state index in [1.807, 2.05) is 36.9 Å². The molecule has 0 bridgehead atoms. The van der Waals surface area contributed by atoms with Gasteiger partial charge in [0.25, 0.3) is 0 Å². The van der Waals surface area contributed by atoms with Gasteiger partial charge in [0, 0.05) is 38.6 Å². The molecular formula is C17H26N4O. The monoisotopic (exact) mass is 302 g/mol. The van der Waals surface area contributed by atoms with E-state index in [-0.39, 0.29) is 17.9 Å². The number of carbonyl (C=O) groups is 1. The number of nitrogens with one attached hydrogen (secondary N) is 2. The molecule has 1 atom stereocenters. The Hall–Kier alpha value is -2.04. The molecule has 0 saturated carbocycles. The second kappa shape index (κ2) is 7.82. The number of hydrogen-bond donors (Lipinski definition) is 2. The van der Waals surface area contributed by atoms with Crippen LogP contribution in [0.1, 0.15) is 25.8 Å². The number of guanidine groups is 1. The van der Waals surface area contributed by atoms with Crippen LogP contribution in [0.15, 0.2) is 35.3 Å². The van der Waals surface area contributed by atoms with Gasteiger partial charge in [0.05, 0.1) is 0 Å². The Labute approximate surface area is 132 Å². The van der Waals surface area contributed by atoms with Crippen molar-refractivity contribution < 1.29 is 4.79 Å². The van der Waals surface area contributed by atoms with Crippen molar-refractivity contribution in [3.05, 3.63) is 35.9 Å². The zero-order valence-corrected chi connectivity index (χ0v) is 13.7. The number of likely N-dealkylation sites (tertiary alicyclic amines) is 1. The second-order valence-corrected chi connectivity index (χ2v) is 5.98. The van der Waals surface area contributed by atoms with Crippen molar-refractivity contribution in [2.75, 3.05) is 20.1 Å². The highest BCUT2D eigenvalue weighted by atomic mass is 16.2. The number of hydrogen-bond acceptors (Lipinski definition) is 2. The maximum atomic E-state index is 12.0. The van der Waals surface area contributed by atoms with E-state index < -0.39 is 0 Å². The van der Waals surface area contributed by atoms with Crippen molar-refractivity contribution in [3.63, 3.8) is 0 Å². The summed E-state index contributed by atoms with van der Waals surface area (Å²) >= 11 is 0. The number of carbonyl (C=O) groups excluding carboxylic acids is 1. The van der Waals surface area contributed by atoms with Crippen LogP contribution in [-0.4, -0.2) is 42.9 Å². The Bertz CT molecular complexity index is 513. The first kappa shape index (κ1) is 16.3. The topological polar surface area (TPSA) is 56.7 Å². The Morgan fingerprint density at radius 2 is 2.09 bits per heavy atom. The molecule has 1 aromatic carbocycles. The van der Waals surface area contributed by atoms with Gasteiger partial charge in [0.15, 0.2) is 5.96 Å². The summed E-state index contributed by atoms with van der Waals surface area (Å²) in [5.41, 5.74) is 1.22. The molecule has 1 fully saturated rings. The van der Waals surface area contributed by atoms with Crippen LogP contribution >= 0.6 is 0 Å². The molecule has 120 valence electrons. The minimum absolute atomic E-state index is 0.0641. The smallest absolute Gasteiger partial charge is 0.225 e. The van der Waals surface area contributed by atoms with Gasteiger partial charge in [0.1, 0.15) is 0 Å². The van der Waals surface area contributed by atoms with Crippen molar-refractivity contribution in [1.29, 1.82) is 0 Å². The Kier molecular flexibility index (Phi) is 5.81. The van der Waals surface area contributed by atoms with Gasteiger partial charge in [-0.15, -0.1) is 0 Å². The molecule has 1 amide bonds. The Morgan fingerprint density at radius 3 is 2.73 bits per heavy atom. The average molecular weight is 302 g/mol. The number of amides is 1. The number of rotatable bonds is 4. The van der Waals surface area contributed by atoms with Gasteiger partial charge in [-0.3, -0.25) is 9.79 Å². The molecule has 2 N–H and O–H groups in total. The second-order valence-electron chi connectivity index (χ2n) is 5.98. The molecule has 2 rings (SSSR count). The minimum atomic E-state index is 0.0641. The quantitative estimate of drug-likeness (QED) is 0.656. The molecule has 1 aliphatic rings. The standard InChI is InChI=1S/C17H26N4O/c1-13(2)16(22)21-10-9-15(12-21)20-17(18-3)19-11-14-7-5-4-6-8-14/h4-8,13,15H,9-12H2,1-3H3,(H2,18,19,20). The van der Waals surface area contributed by atoms with Gasteiger partial charge in [-0.2, -0.15) is 0 Å². The van der Waals surface area contributed by atoms with Crippen LogP contribution in [0.25, 0.3) is 0 Å². The van der Waals surface area contributed by atoms with E-state index >= 15 is 0 Å². The molecule has 0 radical (unpaired) electrons. The third-order valence-corrected chi connectivity index (χ3v) is 3.86. The molecule has 0 spiro atoms. The van der Waals surface area contributed by atoms with Crippen LogP contribution < -0.4 is 10.6 Å². The maximum Gasteiger partial charge on any atom is 0.225 e. The molecule has 1 saturated heterocycles. The summed E-state index contributed by atoms with van der Waals surface area (Å²) in [6.07, 6.45) is 0.963. The molecule has 1 heterocycles. The van der Waals surface area contributed by atoms with Gasteiger partial charge in [-0.1, -0.05) is 44.2 Å². The fourth-order valence-corrected chi connectivity index (χ4v) is 2.61. The van der Waals surface area contributed by atoms with Crippen LogP contribution in [-0.2, 0) is 11.3 Å². The van der Waals surface area contributed by atoms with E-state index in [4.69, 9.17) is 0 Å². The predicted molar refractivity (Wildman–Crippen MR) is 89.6 cm³/mol. The van der Waals surface area contributed by atoms with Gasteiger partial charge >= 0.3 is 0 Å². The Morgan fingerprint density at radius 1 is 1.36 bits per heavy atom. The summed E-state index contributed by atoms with van der Waals surface area (Å²) in [6.45, 7) is 6.21. The summed E-state index contributed by atoms with van der Waals surface area (Å²) in [5.74, 6) is 1.08. The molecule has 0 aromatic heterocycles. The normalized spacial score (nSPS) is 18.6. The Balaban J connectivity index is 1.81. The van der Waals surface area contributed by atoms with Crippen LogP contribution in [0.3, 0.4) is 0 Å². The van der Waals surface area contributed by atoms with Crippen molar-refractivity contribution in [3.8, 4) is 0 Å². The lowest BCUT2D eigenvalue weighted by atomic mass is 10.2. The molecule has 1 aromatic rings. The number of aliphatic imine (C=N–C) groups is 1. The van der Waals surface area contributed by atoms with E-state index in [9.17, 15) is 4.79 Å². The average Bonchev–Trinajstić information content (AvgIpc) is 3.00. The third-order valence-electron chi connectivity index (χ3n) is 3.86. The number of nitrogens with zero attached hydrogens (tertiary/aromatic N) is 2. The van der Waals surface area contributed by atoms with Gasteiger partial charge in [0.2, 0.25) is 5.91 Å². The summed E-state index contributed by atoms with van der Waals surface area (Å²) in [6, 6.07) is 10.5. The van der Waals surface area contributed by atoms with Crippen molar-refractivity contribution >= 4 is 11.9 Å². The molecule has 22 heavy (non-hydrogen) atoms. The van der Waals surface area contributed by atoms with E-state index in [2.05, 4.69) is 27.8 Å². The number of benzene rings is 1. The molecule has 5 heteroatoms. The maximum absolute atomic E-state index is 12.0. The fraction of sp³-hybridized carbons (Fsp3) is 0.529. The summed E-state index contributed by atoms with van der Waals surface area (Å²) in [7, 11) is 1.77. The largest absolute Gasteiger partial charge is 0.352 e. The van der Waals surface area contributed by atoms with Crippen LogP contribution in [0.4, 0.5) is 0 Å². The van der Waals surface area contributed by atoms with Gasteiger partial charge < -0.3 is 15.5 Å². The summed E-state index contributed by atoms with van der Waals surface area (Å²) < 4.78 is 0. The van der Waals surface area contributed by atoms with Crippen molar-refractivity contribution in [2.45, 2.75) is 32.9 Å². The first-order chi connectivity index (χ1) is 10.6. The highest BCUT2D eigenvalue weighted by Gasteiger charge is 2.27. The van der Waals surface area contributed by atoms with Crippen LogP contribution in [0.2, 0.25) is 0 Å². The van der Waals surface area contributed by atoms with E-state index in [0.717, 1.165) is 32.0 Å². The first-order valence-electron chi connectivity index (χ1n) is 7.90. The molecule has 1 unspecified atom stereocenters. The molecule has 0 aliphatic carbocycles. The highest BCUT2D eigenvalue weighted by molar-refractivity contribution is 5.81. The minimum Gasteiger partial charge on any atom is -0.352 e. The first-order valence-corrected chi connectivity index (χ1v) is 7.90. The lowest BCUT2D eigenvalue weighted by molar-refractivity contribution is -0.133. The van der Waals surface area contributed by atoms with Gasteiger partial charge in [-0.25, -0.2) is 0 Å². The molecular weight excluding hydrogens is 276 g/mol. The predicted octanol–water partition coefficient (Wildman–Crippen LogP) is 1.61. The van der Waals surface area contributed by atoms with Crippen molar-refractivity contribution in [2.24, 2.45) is 10.9 Å². The SMILES string of the molecule is CN=C(NCc1ccccc1)NC1CCN(C(=O)C(C)C)C1. The van der Waals surface area contributed by atoms with Crippen LogP contribution in [0.5, 0.6) is 0 Å². The zero-order valence-electron chi connectivity index (χ0n) is 13.7. The lowest BCUT2D eigenvalue weighted by Gasteiger charge is -2.20. The third kappa shape index (κ3) is 4.48. The highest BCUT2D eigenvalue weighted by Crippen LogP contribution is 2.12. The summed E-state index contributed by atoms with van der Waals surface area (Å²) in [4.78, 5) is 18.2. The molecule has 1 aliphatic heterocycles. The lowest BCUT2D eigenvalue weighted by Crippen LogP contribution is -2.45. The van der Waals surface area contributed by atoms with Crippen molar-refractivity contribution in [1.82, 2.24) is 15.5 Å². The fourth-order valence-electron chi connectivity index (χ4n) is 2.61. The van der Waals surface area contributed by atoms with E-state index in [0.29, 0.717) is 0 Å². The summed E-state index contributed by atoms with van der Waals surface area (Å²) in [5, 5.41) is 6.72. The van der Waals surface area contributed by atoms with E-state index in [1.54, 1.807) is 7.05 Å². The van der Waals surface area contributed by atoms with Crippen LogP contribution in [0, 0.1) is 5.92 Å². The van der Waals surface area contributed by atoms with E-state index in [1.165, 1.54) is 5.56 Å². The zero-order chi connectivity index (χ0) is 15.9. The van der Waals surface area contributed by atoms with Gasteiger partial charge in [-0.05, 0) is 12.0 Å².